The molecule has 0 aliphatic heterocycles. The number of aromatic nitrogens is 1. The molecule has 0 atom stereocenters. The van der Waals surface area contributed by atoms with Crippen molar-refractivity contribution in [3.63, 3.8) is 0 Å². The van der Waals surface area contributed by atoms with E-state index in [4.69, 9.17) is 5.73 Å². The van der Waals surface area contributed by atoms with Gasteiger partial charge in [-0.05, 0) is 35.9 Å². The van der Waals surface area contributed by atoms with Crippen LogP contribution in [0.4, 0.5) is 0 Å². The second kappa shape index (κ2) is 6.41. The van der Waals surface area contributed by atoms with Gasteiger partial charge in [0, 0.05) is 22.7 Å². The fourth-order valence-electron chi connectivity index (χ4n) is 3.10. The molecule has 6 heteroatoms. The second-order valence-electron chi connectivity index (χ2n) is 6.12. The average molecular weight is 376 g/mol. The zero-order valence-electron chi connectivity index (χ0n) is 14.2. The number of carbonyl (C=O) groups excluding carboxylic acids is 1. The summed E-state index contributed by atoms with van der Waals surface area (Å²) in [6, 6.07) is 22.4. The molecular formula is C21H16N2O3S. The zero-order valence-corrected chi connectivity index (χ0v) is 15.1. The monoisotopic (exact) mass is 376 g/mol. The minimum Gasteiger partial charge on any atom is -0.366 e. The van der Waals surface area contributed by atoms with E-state index in [9.17, 15) is 13.2 Å². The molecular weight excluding hydrogens is 360 g/mol. The molecule has 1 amide bonds. The predicted molar refractivity (Wildman–Crippen MR) is 105 cm³/mol. The maximum Gasteiger partial charge on any atom is 0.268 e. The van der Waals surface area contributed by atoms with Crippen molar-refractivity contribution < 1.29 is 13.2 Å². The topological polar surface area (TPSA) is 82.2 Å². The van der Waals surface area contributed by atoms with Crippen molar-refractivity contribution in [2.45, 2.75) is 4.90 Å². The number of hydrogen-bond donors (Lipinski definition) is 1. The first-order valence-corrected chi connectivity index (χ1v) is 9.73. The van der Waals surface area contributed by atoms with E-state index >= 15 is 0 Å². The highest BCUT2D eigenvalue weighted by atomic mass is 32.2. The Morgan fingerprint density at radius 2 is 1.44 bits per heavy atom. The highest BCUT2D eigenvalue weighted by Gasteiger charge is 2.21. The Morgan fingerprint density at radius 3 is 2.11 bits per heavy atom. The van der Waals surface area contributed by atoms with Crippen molar-refractivity contribution in [1.82, 2.24) is 3.97 Å². The first kappa shape index (κ1) is 17.1. The van der Waals surface area contributed by atoms with E-state index in [0.29, 0.717) is 11.1 Å². The number of para-hydroxylation sites is 1. The second-order valence-corrected chi connectivity index (χ2v) is 7.93. The third-order valence-electron chi connectivity index (χ3n) is 4.46. The van der Waals surface area contributed by atoms with Crippen LogP contribution in [0, 0.1) is 0 Å². The maximum atomic E-state index is 13.1. The van der Waals surface area contributed by atoms with Crippen LogP contribution in [0.3, 0.4) is 0 Å². The van der Waals surface area contributed by atoms with Gasteiger partial charge in [-0.25, -0.2) is 12.4 Å². The molecule has 0 fully saturated rings. The van der Waals surface area contributed by atoms with Crippen LogP contribution < -0.4 is 5.73 Å². The van der Waals surface area contributed by atoms with Crippen molar-refractivity contribution in [3.05, 3.63) is 90.6 Å². The maximum absolute atomic E-state index is 13.1. The van der Waals surface area contributed by atoms with Gasteiger partial charge >= 0.3 is 0 Å². The minimum absolute atomic E-state index is 0.223. The molecule has 0 spiro atoms. The molecule has 0 unspecified atom stereocenters. The van der Waals surface area contributed by atoms with E-state index in [-0.39, 0.29) is 4.90 Å². The van der Waals surface area contributed by atoms with E-state index in [1.807, 2.05) is 12.1 Å². The van der Waals surface area contributed by atoms with Crippen LogP contribution in [0.2, 0.25) is 0 Å². The van der Waals surface area contributed by atoms with Crippen molar-refractivity contribution >= 4 is 26.8 Å². The Hall–Kier alpha value is -3.38. The number of hydrogen-bond acceptors (Lipinski definition) is 3. The third kappa shape index (κ3) is 2.90. The molecule has 0 bridgehead atoms. The van der Waals surface area contributed by atoms with E-state index in [1.54, 1.807) is 72.9 Å². The summed E-state index contributed by atoms with van der Waals surface area (Å²) in [6.07, 6.45) is 1.62. The lowest BCUT2D eigenvalue weighted by molar-refractivity contribution is 0.100. The van der Waals surface area contributed by atoms with Gasteiger partial charge in [0.25, 0.3) is 10.0 Å². The van der Waals surface area contributed by atoms with Gasteiger partial charge in [0.1, 0.15) is 0 Å². The zero-order chi connectivity index (χ0) is 19.0. The minimum atomic E-state index is -3.73. The Labute approximate surface area is 156 Å². The summed E-state index contributed by atoms with van der Waals surface area (Å²) in [7, 11) is -3.73. The molecule has 0 aliphatic rings. The normalized spacial score (nSPS) is 11.6. The predicted octanol–water partition coefficient (Wildman–Crippen LogP) is 3.64. The van der Waals surface area contributed by atoms with Gasteiger partial charge in [-0.15, -0.1) is 0 Å². The molecule has 4 rings (SSSR count). The summed E-state index contributed by atoms with van der Waals surface area (Å²) in [5.74, 6) is -0.504. The summed E-state index contributed by atoms with van der Waals surface area (Å²) in [5.41, 5.74) is 7.86. The Balaban J connectivity index is 1.94. The van der Waals surface area contributed by atoms with Crippen LogP contribution in [-0.2, 0) is 10.0 Å². The highest BCUT2D eigenvalue weighted by molar-refractivity contribution is 7.90. The number of carbonyl (C=O) groups is 1. The molecule has 1 heterocycles. The molecule has 0 radical (unpaired) electrons. The molecule has 27 heavy (non-hydrogen) atoms. The SMILES string of the molecule is NC(=O)c1ccc(-c2cn(S(=O)(=O)c3ccccc3)c3ccccc23)cc1. The molecule has 0 aliphatic carbocycles. The molecule has 134 valence electrons. The van der Waals surface area contributed by atoms with Crippen molar-refractivity contribution in [2.24, 2.45) is 5.73 Å². The molecule has 4 aromatic rings. The molecule has 1 aromatic heterocycles. The summed E-state index contributed by atoms with van der Waals surface area (Å²) in [5, 5.41) is 0.809. The lowest BCUT2D eigenvalue weighted by atomic mass is 10.0. The number of nitrogens with two attached hydrogens (primary N) is 1. The summed E-state index contributed by atoms with van der Waals surface area (Å²) >= 11 is 0. The number of amides is 1. The van der Waals surface area contributed by atoms with Gasteiger partial charge in [0.2, 0.25) is 5.91 Å². The average Bonchev–Trinajstić information content (AvgIpc) is 3.09. The fraction of sp³-hybridized carbons (Fsp3) is 0. The summed E-state index contributed by atoms with van der Waals surface area (Å²) in [6.45, 7) is 0. The standard InChI is InChI=1S/C21H16N2O3S/c22-21(24)16-12-10-15(11-13-16)19-14-23(20-9-5-4-8-18(19)20)27(25,26)17-6-2-1-3-7-17/h1-14H,(H2,22,24). The van der Waals surface area contributed by atoms with E-state index in [2.05, 4.69) is 0 Å². The van der Waals surface area contributed by atoms with Crippen molar-refractivity contribution in [3.8, 4) is 11.1 Å². The largest absolute Gasteiger partial charge is 0.366 e. The smallest absolute Gasteiger partial charge is 0.268 e. The van der Waals surface area contributed by atoms with Crippen LogP contribution in [0.1, 0.15) is 10.4 Å². The molecule has 0 saturated carbocycles. The number of rotatable bonds is 4. The highest BCUT2D eigenvalue weighted by Crippen LogP contribution is 2.33. The van der Waals surface area contributed by atoms with Crippen LogP contribution in [0.15, 0.2) is 90.0 Å². The number of primary amides is 1. The van der Waals surface area contributed by atoms with E-state index in [1.165, 1.54) is 3.97 Å². The molecule has 3 aromatic carbocycles. The lowest BCUT2D eigenvalue weighted by Crippen LogP contribution is -2.11. The van der Waals surface area contributed by atoms with Crippen LogP contribution in [0.5, 0.6) is 0 Å². The van der Waals surface area contributed by atoms with Gasteiger partial charge in [-0.3, -0.25) is 4.79 Å². The number of nitrogens with zero attached hydrogens (tertiary/aromatic N) is 1. The van der Waals surface area contributed by atoms with Crippen molar-refractivity contribution in [2.75, 3.05) is 0 Å². The quantitative estimate of drug-likeness (QED) is 0.590. The molecule has 0 saturated heterocycles. The van der Waals surface area contributed by atoms with Crippen LogP contribution in [-0.4, -0.2) is 18.3 Å². The van der Waals surface area contributed by atoms with Gasteiger partial charge in [0.15, 0.2) is 0 Å². The Bertz CT molecular complexity index is 1240. The Kier molecular flexibility index (Phi) is 4.05. The first-order chi connectivity index (χ1) is 13.0. The van der Waals surface area contributed by atoms with E-state index < -0.39 is 15.9 Å². The number of benzene rings is 3. The van der Waals surface area contributed by atoms with Crippen molar-refractivity contribution in [1.29, 1.82) is 0 Å². The summed E-state index contributed by atoms with van der Waals surface area (Å²) in [4.78, 5) is 11.5. The molecule has 2 N–H and O–H groups in total. The lowest BCUT2D eigenvalue weighted by Gasteiger charge is -2.07. The third-order valence-corrected chi connectivity index (χ3v) is 6.15. The van der Waals surface area contributed by atoms with Gasteiger partial charge in [0.05, 0.1) is 10.4 Å². The molecule has 5 nitrogen and oxygen atoms in total. The van der Waals surface area contributed by atoms with Crippen LogP contribution >= 0.6 is 0 Å². The summed E-state index contributed by atoms with van der Waals surface area (Å²) < 4.78 is 27.6. The number of fused-ring (bicyclic) bond motifs is 1. The van der Waals surface area contributed by atoms with Gasteiger partial charge in [-0.1, -0.05) is 48.5 Å². The van der Waals surface area contributed by atoms with Crippen LogP contribution in [0.25, 0.3) is 22.0 Å². The van der Waals surface area contributed by atoms with Gasteiger partial charge < -0.3 is 5.73 Å². The Morgan fingerprint density at radius 1 is 0.815 bits per heavy atom. The van der Waals surface area contributed by atoms with Gasteiger partial charge in [-0.2, -0.15) is 0 Å². The first-order valence-electron chi connectivity index (χ1n) is 8.29. The fourth-order valence-corrected chi connectivity index (χ4v) is 4.49. The van der Waals surface area contributed by atoms with E-state index in [0.717, 1.165) is 16.5 Å².